The zero-order chi connectivity index (χ0) is 22.9. The van der Waals surface area contributed by atoms with Gasteiger partial charge in [-0.25, -0.2) is 17.9 Å². The maximum atomic E-state index is 14.5. The number of rotatable bonds is 6. The van der Waals surface area contributed by atoms with Crippen molar-refractivity contribution in [3.05, 3.63) is 70.3 Å². The average molecular weight is 433 g/mol. The number of aromatic nitrogens is 2. The molecule has 0 aliphatic carbocycles. The maximum Gasteiger partial charge on any atom is 0.255 e. The summed E-state index contributed by atoms with van der Waals surface area (Å²) in [4.78, 5) is 12.9. The van der Waals surface area contributed by atoms with E-state index in [9.17, 15) is 18.0 Å². The summed E-state index contributed by atoms with van der Waals surface area (Å²) >= 11 is 0. The summed E-state index contributed by atoms with van der Waals surface area (Å²) in [6, 6.07) is 5.02. The predicted molar refractivity (Wildman–Crippen MR) is 108 cm³/mol. The molecule has 6 nitrogen and oxygen atoms in total. The van der Waals surface area contributed by atoms with E-state index in [1.165, 1.54) is 37.1 Å². The van der Waals surface area contributed by atoms with Gasteiger partial charge in [-0.1, -0.05) is 0 Å². The number of benzene rings is 2. The SMILES string of the molecule is COc1cc(F)c(C(C)NC(=O)c2c(C)nn(-c3ccc(F)cc3F)c2C)cc1OC. The first-order chi connectivity index (χ1) is 14.7. The van der Waals surface area contributed by atoms with Crippen LogP contribution in [0.1, 0.15) is 40.3 Å². The lowest BCUT2D eigenvalue weighted by molar-refractivity contribution is 0.0938. The van der Waals surface area contributed by atoms with Crippen LogP contribution in [-0.4, -0.2) is 29.9 Å². The Labute approximate surface area is 177 Å². The summed E-state index contributed by atoms with van der Waals surface area (Å²) in [7, 11) is 2.83. The van der Waals surface area contributed by atoms with Crippen LogP contribution in [0.25, 0.3) is 5.69 Å². The van der Waals surface area contributed by atoms with Gasteiger partial charge in [0.15, 0.2) is 17.3 Å². The normalized spacial score (nSPS) is 11.9. The minimum atomic E-state index is -0.807. The molecule has 1 N–H and O–H groups in total. The number of carbonyl (C=O) groups excluding carboxylic acids is 1. The van der Waals surface area contributed by atoms with Crippen molar-refractivity contribution in [1.82, 2.24) is 15.1 Å². The molecule has 0 aliphatic heterocycles. The fourth-order valence-corrected chi connectivity index (χ4v) is 3.41. The van der Waals surface area contributed by atoms with Crippen LogP contribution in [0.4, 0.5) is 13.2 Å². The fraction of sp³-hybridized carbons (Fsp3) is 0.273. The van der Waals surface area contributed by atoms with Crippen LogP contribution in [-0.2, 0) is 0 Å². The van der Waals surface area contributed by atoms with E-state index < -0.39 is 29.4 Å². The van der Waals surface area contributed by atoms with E-state index in [2.05, 4.69) is 10.4 Å². The number of carbonyl (C=O) groups is 1. The Morgan fingerprint density at radius 3 is 2.29 bits per heavy atom. The maximum absolute atomic E-state index is 14.5. The van der Waals surface area contributed by atoms with Crippen LogP contribution >= 0.6 is 0 Å². The lowest BCUT2D eigenvalue weighted by atomic mass is 10.1. The smallest absolute Gasteiger partial charge is 0.255 e. The molecule has 164 valence electrons. The number of halogens is 3. The van der Waals surface area contributed by atoms with Gasteiger partial charge in [0, 0.05) is 17.7 Å². The van der Waals surface area contributed by atoms with Gasteiger partial charge in [-0.3, -0.25) is 4.79 Å². The molecule has 0 saturated carbocycles. The highest BCUT2D eigenvalue weighted by molar-refractivity contribution is 5.96. The molecule has 2 aromatic carbocycles. The van der Waals surface area contributed by atoms with Gasteiger partial charge in [0.1, 0.15) is 17.3 Å². The highest BCUT2D eigenvalue weighted by atomic mass is 19.1. The molecule has 0 radical (unpaired) electrons. The van der Waals surface area contributed by atoms with E-state index in [1.807, 2.05) is 0 Å². The summed E-state index contributed by atoms with van der Waals surface area (Å²) in [5.41, 5.74) is 1.15. The molecular formula is C22H22F3N3O3. The van der Waals surface area contributed by atoms with Crippen LogP contribution in [0.5, 0.6) is 11.5 Å². The highest BCUT2D eigenvalue weighted by Crippen LogP contribution is 2.32. The summed E-state index contributed by atoms with van der Waals surface area (Å²) in [6.07, 6.45) is 0. The number of amides is 1. The van der Waals surface area contributed by atoms with E-state index in [4.69, 9.17) is 9.47 Å². The van der Waals surface area contributed by atoms with Crippen LogP contribution in [0.2, 0.25) is 0 Å². The molecule has 31 heavy (non-hydrogen) atoms. The number of methoxy groups -OCH3 is 2. The highest BCUT2D eigenvalue weighted by Gasteiger charge is 2.24. The van der Waals surface area contributed by atoms with Gasteiger partial charge in [0.05, 0.1) is 37.2 Å². The quantitative estimate of drug-likeness (QED) is 0.625. The Hall–Kier alpha value is -3.49. The van der Waals surface area contributed by atoms with E-state index >= 15 is 0 Å². The van der Waals surface area contributed by atoms with Gasteiger partial charge in [0.25, 0.3) is 5.91 Å². The molecule has 0 bridgehead atoms. The molecule has 1 unspecified atom stereocenters. The topological polar surface area (TPSA) is 65.4 Å². The molecule has 1 heterocycles. The Morgan fingerprint density at radius 2 is 1.68 bits per heavy atom. The first-order valence-electron chi connectivity index (χ1n) is 9.41. The Morgan fingerprint density at radius 1 is 1.03 bits per heavy atom. The van der Waals surface area contributed by atoms with Crippen molar-refractivity contribution < 1.29 is 27.4 Å². The van der Waals surface area contributed by atoms with Gasteiger partial charge >= 0.3 is 0 Å². The Balaban J connectivity index is 1.92. The molecule has 0 aliphatic rings. The van der Waals surface area contributed by atoms with Gasteiger partial charge < -0.3 is 14.8 Å². The molecular weight excluding hydrogens is 411 g/mol. The number of nitrogens with one attached hydrogen (secondary N) is 1. The molecule has 1 aromatic heterocycles. The van der Waals surface area contributed by atoms with Gasteiger partial charge in [-0.05, 0) is 39.0 Å². The van der Waals surface area contributed by atoms with Crippen molar-refractivity contribution >= 4 is 5.91 Å². The molecule has 3 rings (SSSR count). The zero-order valence-electron chi connectivity index (χ0n) is 17.7. The summed E-state index contributed by atoms with van der Waals surface area (Å²) in [6.45, 7) is 4.82. The third kappa shape index (κ3) is 4.21. The minimum absolute atomic E-state index is 0.0139. The number of nitrogens with zero attached hydrogens (tertiary/aromatic N) is 2. The van der Waals surface area contributed by atoms with E-state index in [0.29, 0.717) is 17.1 Å². The largest absolute Gasteiger partial charge is 0.493 e. The number of hydrogen-bond donors (Lipinski definition) is 1. The van der Waals surface area contributed by atoms with Gasteiger partial charge in [0.2, 0.25) is 0 Å². The molecule has 1 amide bonds. The first-order valence-corrected chi connectivity index (χ1v) is 9.41. The molecule has 0 spiro atoms. The van der Waals surface area contributed by atoms with Crippen LogP contribution < -0.4 is 14.8 Å². The number of ether oxygens (including phenoxy) is 2. The molecule has 9 heteroatoms. The van der Waals surface area contributed by atoms with E-state index in [-0.39, 0.29) is 22.6 Å². The second-order valence-corrected chi connectivity index (χ2v) is 6.98. The zero-order valence-corrected chi connectivity index (χ0v) is 17.7. The van der Waals surface area contributed by atoms with E-state index in [1.54, 1.807) is 20.8 Å². The summed E-state index contributed by atoms with van der Waals surface area (Å²) in [5.74, 6) is -2.04. The lowest BCUT2D eigenvalue weighted by Gasteiger charge is -2.18. The summed E-state index contributed by atoms with van der Waals surface area (Å²) < 4.78 is 53.5. The van der Waals surface area contributed by atoms with Crippen molar-refractivity contribution in [2.75, 3.05) is 14.2 Å². The van der Waals surface area contributed by atoms with E-state index in [0.717, 1.165) is 12.1 Å². The first kappa shape index (κ1) is 22.2. The third-order valence-electron chi connectivity index (χ3n) is 4.97. The molecule has 3 aromatic rings. The standard InChI is InChI=1S/C22H22F3N3O3/c1-11(15-9-19(30-4)20(31-5)10-16(15)24)26-22(29)21-12(2)27-28(13(21)3)18-7-6-14(23)8-17(18)25/h6-11H,1-5H3,(H,26,29). The van der Waals surface area contributed by atoms with Crippen molar-refractivity contribution in [2.24, 2.45) is 0 Å². The monoisotopic (exact) mass is 433 g/mol. The van der Waals surface area contributed by atoms with Crippen LogP contribution in [0.3, 0.4) is 0 Å². The lowest BCUT2D eigenvalue weighted by Crippen LogP contribution is -2.28. The van der Waals surface area contributed by atoms with Crippen LogP contribution in [0.15, 0.2) is 30.3 Å². The van der Waals surface area contributed by atoms with Crippen LogP contribution in [0, 0.1) is 31.3 Å². The van der Waals surface area contributed by atoms with Crippen molar-refractivity contribution in [3.8, 4) is 17.2 Å². The second-order valence-electron chi connectivity index (χ2n) is 6.98. The Kier molecular flexibility index (Phi) is 6.24. The van der Waals surface area contributed by atoms with Gasteiger partial charge in [-0.15, -0.1) is 0 Å². The number of aryl methyl sites for hydroxylation is 1. The van der Waals surface area contributed by atoms with Crippen molar-refractivity contribution in [2.45, 2.75) is 26.8 Å². The Bertz CT molecular complexity index is 1140. The predicted octanol–water partition coefficient (Wildman–Crippen LogP) is 4.41. The van der Waals surface area contributed by atoms with Gasteiger partial charge in [-0.2, -0.15) is 5.10 Å². The molecule has 0 fully saturated rings. The fourth-order valence-electron chi connectivity index (χ4n) is 3.41. The van der Waals surface area contributed by atoms with Crippen molar-refractivity contribution in [3.63, 3.8) is 0 Å². The second kappa shape index (κ2) is 8.71. The summed E-state index contributed by atoms with van der Waals surface area (Å²) in [5, 5.41) is 6.95. The molecule has 1 atom stereocenters. The average Bonchev–Trinajstić information content (AvgIpc) is 3.01. The third-order valence-corrected chi connectivity index (χ3v) is 4.97. The minimum Gasteiger partial charge on any atom is -0.493 e. The molecule has 0 saturated heterocycles. The number of hydrogen-bond acceptors (Lipinski definition) is 4. The van der Waals surface area contributed by atoms with Crippen molar-refractivity contribution in [1.29, 1.82) is 0 Å².